The van der Waals surface area contributed by atoms with E-state index in [-0.39, 0.29) is 23.6 Å². The average Bonchev–Trinajstić information content (AvgIpc) is 3.18. The number of methoxy groups -OCH3 is 1. The Balaban J connectivity index is 1.85. The van der Waals surface area contributed by atoms with E-state index in [0.29, 0.717) is 17.8 Å². The molecule has 1 saturated heterocycles. The molecule has 0 bridgehead atoms. The number of likely N-dealkylation sites (tertiary alicyclic amines) is 1. The first-order valence-corrected chi connectivity index (χ1v) is 9.35. The molecule has 8 nitrogen and oxygen atoms in total. The summed E-state index contributed by atoms with van der Waals surface area (Å²) >= 11 is 0. The molecule has 1 fully saturated rings. The van der Waals surface area contributed by atoms with Gasteiger partial charge >= 0.3 is 5.97 Å². The van der Waals surface area contributed by atoms with E-state index in [1.807, 2.05) is 6.92 Å². The normalized spacial score (nSPS) is 20.1. The number of carbonyl (C=O) groups is 2. The highest BCUT2D eigenvalue weighted by atomic mass is 16.5. The van der Waals surface area contributed by atoms with Crippen molar-refractivity contribution in [3.05, 3.63) is 47.3 Å². The molecule has 1 amide bonds. The number of rotatable bonds is 4. The molecule has 1 aromatic heterocycles. The van der Waals surface area contributed by atoms with Gasteiger partial charge in [-0.15, -0.1) is 0 Å². The van der Waals surface area contributed by atoms with Crippen molar-refractivity contribution in [3.8, 4) is 0 Å². The van der Waals surface area contributed by atoms with E-state index in [9.17, 15) is 14.7 Å². The minimum atomic E-state index is -1.07. The van der Waals surface area contributed by atoms with Gasteiger partial charge in [-0.05, 0) is 45.7 Å². The maximum Gasteiger partial charge on any atom is 0.338 e. The van der Waals surface area contributed by atoms with Crippen LogP contribution in [0, 0.1) is 0 Å². The zero-order valence-electron chi connectivity index (χ0n) is 16.6. The Morgan fingerprint density at radius 1 is 1.21 bits per heavy atom. The van der Waals surface area contributed by atoms with E-state index < -0.39 is 11.6 Å². The molecule has 3 rings (SSSR count). The van der Waals surface area contributed by atoms with Crippen LogP contribution in [-0.4, -0.2) is 56.6 Å². The topological polar surface area (TPSA) is 97.6 Å². The van der Waals surface area contributed by atoms with Gasteiger partial charge in [-0.3, -0.25) is 4.79 Å². The van der Waals surface area contributed by atoms with Gasteiger partial charge in [0.2, 0.25) is 0 Å². The van der Waals surface area contributed by atoms with Crippen LogP contribution in [-0.2, 0) is 10.3 Å². The van der Waals surface area contributed by atoms with E-state index in [1.165, 1.54) is 7.11 Å². The summed E-state index contributed by atoms with van der Waals surface area (Å²) in [4.78, 5) is 28.6. The van der Waals surface area contributed by atoms with E-state index >= 15 is 0 Å². The summed E-state index contributed by atoms with van der Waals surface area (Å²) in [5.74, 6) is -0.748. The Morgan fingerprint density at radius 3 is 2.50 bits per heavy atom. The predicted molar refractivity (Wildman–Crippen MR) is 102 cm³/mol. The summed E-state index contributed by atoms with van der Waals surface area (Å²) < 4.78 is 4.81. The molecule has 1 aliphatic heterocycles. The number of esters is 1. The number of aliphatic hydroxyl groups is 1. The molecule has 8 heteroatoms. The summed E-state index contributed by atoms with van der Waals surface area (Å²) in [5, 5.41) is 18.8. The van der Waals surface area contributed by atoms with E-state index in [4.69, 9.17) is 4.74 Å². The lowest BCUT2D eigenvalue weighted by Gasteiger charge is -2.37. The van der Waals surface area contributed by atoms with Crippen LogP contribution in [0.5, 0.6) is 0 Å². The number of hydrogen-bond acceptors (Lipinski definition) is 6. The summed E-state index contributed by atoms with van der Waals surface area (Å²) in [6.07, 6.45) is 3.16. The summed E-state index contributed by atoms with van der Waals surface area (Å²) in [7, 11) is 1.30. The van der Waals surface area contributed by atoms with Gasteiger partial charge in [0.25, 0.3) is 5.91 Å². The van der Waals surface area contributed by atoms with E-state index in [1.54, 1.807) is 54.0 Å². The first kappa shape index (κ1) is 20.0. The third-order valence-corrected chi connectivity index (χ3v) is 5.14. The Hall–Kier alpha value is -2.74. The monoisotopic (exact) mass is 386 g/mol. The summed E-state index contributed by atoms with van der Waals surface area (Å²) in [6, 6.07) is 6.60. The SMILES string of the molecule is COC(=O)c1ccccc1C(=O)N1C[C@H](n2ncc(C(C)(C)O)n2)CC[C@H]1C. The standard InChI is InChI=1S/C20H26N4O4/c1-13-9-10-14(24-21-11-17(22-24)20(2,3)27)12-23(13)18(25)15-7-5-6-8-16(15)19(26)28-4/h5-8,11,13-14,27H,9-10,12H2,1-4H3/t13-,14-/m1/s1. The zero-order chi connectivity index (χ0) is 20.5. The van der Waals surface area contributed by atoms with Crippen LogP contribution in [0.2, 0.25) is 0 Å². The van der Waals surface area contributed by atoms with Gasteiger partial charge in [-0.2, -0.15) is 15.0 Å². The number of benzene rings is 1. The Bertz CT molecular complexity index is 871. The van der Waals surface area contributed by atoms with Gasteiger partial charge in [0, 0.05) is 12.6 Å². The minimum Gasteiger partial charge on any atom is -0.465 e. The first-order chi connectivity index (χ1) is 13.2. The van der Waals surface area contributed by atoms with Crippen LogP contribution >= 0.6 is 0 Å². The molecule has 0 saturated carbocycles. The van der Waals surface area contributed by atoms with Gasteiger partial charge in [0.15, 0.2) is 0 Å². The summed E-state index contributed by atoms with van der Waals surface area (Å²) in [6.45, 7) is 5.73. The maximum absolute atomic E-state index is 13.2. The van der Waals surface area contributed by atoms with Gasteiger partial charge in [0.05, 0.1) is 30.5 Å². The van der Waals surface area contributed by atoms with Gasteiger partial charge in [0.1, 0.15) is 11.3 Å². The van der Waals surface area contributed by atoms with Crippen molar-refractivity contribution in [2.45, 2.75) is 51.3 Å². The lowest BCUT2D eigenvalue weighted by molar-refractivity contribution is 0.0515. The van der Waals surface area contributed by atoms with E-state index in [2.05, 4.69) is 10.2 Å². The number of nitrogens with zero attached hydrogens (tertiary/aromatic N) is 4. The second kappa shape index (κ2) is 7.71. The maximum atomic E-state index is 13.2. The van der Waals surface area contributed by atoms with Crippen molar-refractivity contribution >= 4 is 11.9 Å². The number of aromatic nitrogens is 3. The van der Waals surface area contributed by atoms with Crippen LogP contribution < -0.4 is 0 Å². The molecule has 0 unspecified atom stereocenters. The molecule has 2 atom stereocenters. The van der Waals surface area contributed by atoms with E-state index in [0.717, 1.165) is 12.8 Å². The van der Waals surface area contributed by atoms with Crippen LogP contribution in [0.15, 0.2) is 30.5 Å². The molecule has 1 N–H and O–H groups in total. The Labute approximate surface area is 164 Å². The van der Waals surface area contributed by atoms with Crippen LogP contribution in [0.1, 0.15) is 66.1 Å². The highest BCUT2D eigenvalue weighted by molar-refractivity contribution is 6.05. The van der Waals surface area contributed by atoms with Crippen molar-refractivity contribution in [1.82, 2.24) is 19.9 Å². The van der Waals surface area contributed by atoms with Crippen molar-refractivity contribution in [3.63, 3.8) is 0 Å². The number of amides is 1. The molecule has 0 radical (unpaired) electrons. The molecule has 2 heterocycles. The predicted octanol–water partition coefficient (Wildman–Crippen LogP) is 2.16. The smallest absolute Gasteiger partial charge is 0.338 e. The fraction of sp³-hybridized carbons (Fsp3) is 0.500. The molecule has 1 aromatic carbocycles. The molecule has 1 aliphatic rings. The van der Waals surface area contributed by atoms with Gasteiger partial charge in [-0.25, -0.2) is 4.79 Å². The number of hydrogen-bond donors (Lipinski definition) is 1. The highest BCUT2D eigenvalue weighted by Crippen LogP contribution is 2.28. The number of carbonyl (C=O) groups excluding carboxylic acids is 2. The molecule has 28 heavy (non-hydrogen) atoms. The fourth-order valence-electron chi connectivity index (χ4n) is 3.40. The van der Waals surface area contributed by atoms with Gasteiger partial charge in [-0.1, -0.05) is 12.1 Å². The van der Waals surface area contributed by atoms with Crippen LogP contribution in [0.4, 0.5) is 0 Å². The molecular weight excluding hydrogens is 360 g/mol. The third-order valence-electron chi connectivity index (χ3n) is 5.14. The lowest BCUT2D eigenvalue weighted by Crippen LogP contribution is -2.46. The quantitative estimate of drug-likeness (QED) is 0.809. The van der Waals surface area contributed by atoms with Crippen molar-refractivity contribution in [2.75, 3.05) is 13.7 Å². The van der Waals surface area contributed by atoms with Crippen molar-refractivity contribution < 1.29 is 19.4 Å². The first-order valence-electron chi connectivity index (χ1n) is 9.35. The van der Waals surface area contributed by atoms with Crippen LogP contribution in [0.25, 0.3) is 0 Å². The van der Waals surface area contributed by atoms with Crippen molar-refractivity contribution in [2.24, 2.45) is 0 Å². The molecule has 150 valence electrons. The highest BCUT2D eigenvalue weighted by Gasteiger charge is 2.33. The number of piperidine rings is 1. The molecular formula is C20H26N4O4. The van der Waals surface area contributed by atoms with Crippen molar-refractivity contribution in [1.29, 1.82) is 0 Å². The molecule has 0 spiro atoms. The largest absolute Gasteiger partial charge is 0.465 e. The lowest BCUT2D eigenvalue weighted by atomic mass is 9.97. The zero-order valence-corrected chi connectivity index (χ0v) is 16.6. The average molecular weight is 386 g/mol. The fourth-order valence-corrected chi connectivity index (χ4v) is 3.40. The van der Waals surface area contributed by atoms with Gasteiger partial charge < -0.3 is 14.7 Å². The summed E-state index contributed by atoms with van der Waals surface area (Å²) in [5.41, 5.74) is -0.00633. The van der Waals surface area contributed by atoms with Crippen LogP contribution in [0.3, 0.4) is 0 Å². The second-order valence-corrected chi connectivity index (χ2v) is 7.68. The minimum absolute atomic E-state index is 0.0266. The molecule has 2 aromatic rings. The third kappa shape index (κ3) is 3.91. The molecule has 0 aliphatic carbocycles. The Morgan fingerprint density at radius 2 is 1.89 bits per heavy atom. The second-order valence-electron chi connectivity index (χ2n) is 7.68. The number of ether oxygens (including phenoxy) is 1. The Kier molecular flexibility index (Phi) is 5.51.